The van der Waals surface area contributed by atoms with Gasteiger partial charge in [-0.2, -0.15) is 0 Å². The zero-order chi connectivity index (χ0) is 11.5. The normalized spacial score (nSPS) is 20.9. The van der Waals surface area contributed by atoms with Gasteiger partial charge in [0.1, 0.15) is 5.01 Å². The fourth-order valence-electron chi connectivity index (χ4n) is 2.08. The van der Waals surface area contributed by atoms with Gasteiger partial charge < -0.3 is 5.32 Å². The summed E-state index contributed by atoms with van der Waals surface area (Å²) >= 11 is 1.79. The van der Waals surface area contributed by atoms with Crippen LogP contribution in [0.5, 0.6) is 0 Å². The maximum atomic E-state index is 4.69. The Hall–Kier alpha value is -0.710. The van der Waals surface area contributed by atoms with Crippen LogP contribution in [0.15, 0.2) is 17.5 Å². The molecule has 17 heavy (non-hydrogen) atoms. The molecule has 0 spiro atoms. The molecule has 0 bridgehead atoms. The van der Waals surface area contributed by atoms with Gasteiger partial charge in [-0.1, -0.05) is 12.2 Å². The summed E-state index contributed by atoms with van der Waals surface area (Å²) in [5.41, 5.74) is 1.23. The van der Waals surface area contributed by atoms with Gasteiger partial charge in [-0.3, -0.25) is 4.90 Å². The van der Waals surface area contributed by atoms with Crippen molar-refractivity contribution in [3.05, 3.63) is 28.2 Å². The highest BCUT2D eigenvalue weighted by Crippen LogP contribution is 2.20. The van der Waals surface area contributed by atoms with Gasteiger partial charge in [0, 0.05) is 37.6 Å². The second-order valence-corrected chi connectivity index (χ2v) is 5.83. The molecule has 2 aliphatic rings. The van der Waals surface area contributed by atoms with E-state index in [2.05, 4.69) is 27.7 Å². The van der Waals surface area contributed by atoms with Crippen LogP contribution in [0.2, 0.25) is 0 Å². The molecular formula is C13H19N3S. The standard InChI is InChI=1S/C13H19N3S/c1-2-6-16(7-3-1)9-12-10-17-13(15-12)8-14-11-4-5-11/h1-2,10-11,14H,3-9H2. The minimum Gasteiger partial charge on any atom is -0.308 e. The van der Waals surface area contributed by atoms with Gasteiger partial charge in [-0.05, 0) is 19.3 Å². The first-order valence-corrected chi connectivity index (χ1v) is 7.32. The molecule has 3 nitrogen and oxygen atoms in total. The molecule has 0 unspecified atom stereocenters. The molecule has 1 N–H and O–H groups in total. The Bertz CT molecular complexity index is 395. The minimum atomic E-state index is 0.773. The summed E-state index contributed by atoms with van der Waals surface area (Å²) in [6.45, 7) is 4.20. The summed E-state index contributed by atoms with van der Waals surface area (Å²) < 4.78 is 0. The molecule has 1 aromatic heterocycles. The minimum absolute atomic E-state index is 0.773. The molecule has 0 aromatic carbocycles. The Morgan fingerprint density at radius 1 is 1.41 bits per heavy atom. The lowest BCUT2D eigenvalue weighted by Gasteiger charge is -2.21. The first-order valence-electron chi connectivity index (χ1n) is 6.44. The predicted molar refractivity (Wildman–Crippen MR) is 71.0 cm³/mol. The van der Waals surface area contributed by atoms with Crippen molar-refractivity contribution in [2.75, 3.05) is 13.1 Å². The van der Waals surface area contributed by atoms with E-state index in [0.717, 1.165) is 25.7 Å². The van der Waals surface area contributed by atoms with Crippen molar-refractivity contribution >= 4 is 11.3 Å². The second-order valence-electron chi connectivity index (χ2n) is 4.88. The molecule has 1 aliphatic carbocycles. The monoisotopic (exact) mass is 249 g/mol. The van der Waals surface area contributed by atoms with E-state index in [0.29, 0.717) is 0 Å². The first kappa shape index (κ1) is 11.4. The van der Waals surface area contributed by atoms with Crippen LogP contribution in [-0.2, 0) is 13.1 Å². The summed E-state index contributed by atoms with van der Waals surface area (Å²) in [5.74, 6) is 0. The Morgan fingerprint density at radius 2 is 2.35 bits per heavy atom. The lowest BCUT2D eigenvalue weighted by atomic mass is 10.2. The van der Waals surface area contributed by atoms with Crippen molar-refractivity contribution in [2.24, 2.45) is 0 Å². The number of nitrogens with one attached hydrogen (secondary N) is 1. The van der Waals surface area contributed by atoms with E-state index in [9.17, 15) is 0 Å². The fourth-order valence-corrected chi connectivity index (χ4v) is 2.82. The van der Waals surface area contributed by atoms with Crippen molar-refractivity contribution < 1.29 is 0 Å². The van der Waals surface area contributed by atoms with Crippen LogP contribution in [0.25, 0.3) is 0 Å². The predicted octanol–water partition coefficient (Wildman–Crippen LogP) is 2.16. The molecule has 1 aliphatic heterocycles. The number of thiazole rings is 1. The number of aromatic nitrogens is 1. The van der Waals surface area contributed by atoms with Gasteiger partial charge in [-0.15, -0.1) is 11.3 Å². The Balaban J connectivity index is 1.50. The zero-order valence-electron chi connectivity index (χ0n) is 10.1. The van der Waals surface area contributed by atoms with Crippen LogP contribution in [0.1, 0.15) is 30.0 Å². The Morgan fingerprint density at radius 3 is 3.12 bits per heavy atom. The highest BCUT2D eigenvalue weighted by atomic mass is 32.1. The molecule has 1 aromatic rings. The molecule has 1 saturated carbocycles. The van der Waals surface area contributed by atoms with Crippen molar-refractivity contribution in [3.63, 3.8) is 0 Å². The topological polar surface area (TPSA) is 28.2 Å². The largest absolute Gasteiger partial charge is 0.308 e. The molecule has 0 atom stereocenters. The Labute approximate surface area is 107 Å². The third kappa shape index (κ3) is 3.37. The Kier molecular flexibility index (Phi) is 3.54. The van der Waals surface area contributed by atoms with Crippen LogP contribution in [0, 0.1) is 0 Å². The lowest BCUT2D eigenvalue weighted by Crippen LogP contribution is -2.26. The average Bonchev–Trinajstić information content (AvgIpc) is 3.09. The second kappa shape index (κ2) is 5.29. The van der Waals surface area contributed by atoms with E-state index in [1.54, 1.807) is 11.3 Å². The van der Waals surface area contributed by atoms with Gasteiger partial charge in [0.05, 0.1) is 5.69 Å². The van der Waals surface area contributed by atoms with Crippen LogP contribution < -0.4 is 5.32 Å². The van der Waals surface area contributed by atoms with E-state index in [1.807, 2.05) is 0 Å². The molecule has 92 valence electrons. The van der Waals surface area contributed by atoms with Crippen molar-refractivity contribution in [2.45, 2.75) is 38.4 Å². The highest BCUT2D eigenvalue weighted by Gasteiger charge is 2.20. The summed E-state index contributed by atoms with van der Waals surface area (Å²) in [7, 11) is 0. The maximum Gasteiger partial charge on any atom is 0.107 e. The third-order valence-corrected chi connectivity index (χ3v) is 4.14. The molecule has 0 amide bonds. The molecule has 0 saturated heterocycles. The summed E-state index contributed by atoms with van der Waals surface area (Å²) in [6.07, 6.45) is 8.39. The fraction of sp³-hybridized carbons (Fsp3) is 0.615. The molecule has 1 fully saturated rings. The first-order chi connectivity index (χ1) is 8.40. The van der Waals surface area contributed by atoms with Crippen molar-refractivity contribution in [1.82, 2.24) is 15.2 Å². The van der Waals surface area contributed by atoms with Gasteiger partial charge in [0.25, 0.3) is 0 Å². The quantitative estimate of drug-likeness (QED) is 0.811. The molecule has 0 radical (unpaired) electrons. The summed E-state index contributed by atoms with van der Waals surface area (Å²) in [6, 6.07) is 0.773. The van der Waals surface area contributed by atoms with E-state index in [-0.39, 0.29) is 0 Å². The smallest absolute Gasteiger partial charge is 0.107 e. The third-order valence-electron chi connectivity index (χ3n) is 3.25. The van der Waals surface area contributed by atoms with Gasteiger partial charge >= 0.3 is 0 Å². The molecule has 2 heterocycles. The van der Waals surface area contributed by atoms with Crippen molar-refractivity contribution in [1.29, 1.82) is 0 Å². The van der Waals surface area contributed by atoms with Crippen LogP contribution in [0.3, 0.4) is 0 Å². The number of hydrogen-bond donors (Lipinski definition) is 1. The summed E-state index contributed by atoms with van der Waals surface area (Å²) in [5, 5.41) is 6.96. The van der Waals surface area contributed by atoms with E-state index in [1.165, 1.54) is 36.5 Å². The van der Waals surface area contributed by atoms with Crippen LogP contribution in [-0.4, -0.2) is 29.0 Å². The number of nitrogens with zero attached hydrogens (tertiary/aromatic N) is 2. The molecule has 4 heteroatoms. The number of hydrogen-bond acceptors (Lipinski definition) is 4. The van der Waals surface area contributed by atoms with E-state index < -0.39 is 0 Å². The average molecular weight is 249 g/mol. The SMILES string of the molecule is C1=CCN(Cc2csc(CNC3CC3)n2)CC1. The zero-order valence-corrected chi connectivity index (χ0v) is 10.9. The van der Waals surface area contributed by atoms with Gasteiger partial charge in [-0.25, -0.2) is 4.98 Å². The van der Waals surface area contributed by atoms with E-state index >= 15 is 0 Å². The van der Waals surface area contributed by atoms with Gasteiger partial charge in [0.2, 0.25) is 0 Å². The summed E-state index contributed by atoms with van der Waals surface area (Å²) in [4.78, 5) is 7.15. The van der Waals surface area contributed by atoms with E-state index in [4.69, 9.17) is 4.98 Å². The molecule has 3 rings (SSSR count). The van der Waals surface area contributed by atoms with Crippen LogP contribution in [0.4, 0.5) is 0 Å². The van der Waals surface area contributed by atoms with Crippen molar-refractivity contribution in [3.8, 4) is 0 Å². The van der Waals surface area contributed by atoms with Crippen LogP contribution >= 0.6 is 11.3 Å². The lowest BCUT2D eigenvalue weighted by molar-refractivity contribution is 0.287. The maximum absolute atomic E-state index is 4.69. The molecular weight excluding hydrogens is 230 g/mol. The van der Waals surface area contributed by atoms with Gasteiger partial charge in [0.15, 0.2) is 0 Å². The number of rotatable bonds is 5. The highest BCUT2D eigenvalue weighted by molar-refractivity contribution is 7.09.